The average Bonchev–Trinajstić information content (AvgIpc) is 2.53. The molecule has 0 aliphatic carbocycles. The maximum Gasteiger partial charge on any atom is 0.233 e. The lowest BCUT2D eigenvalue weighted by molar-refractivity contribution is -0.132. The summed E-state index contributed by atoms with van der Waals surface area (Å²) in [6, 6.07) is 10.1. The number of ether oxygens (including phenoxy) is 1. The van der Waals surface area contributed by atoms with Gasteiger partial charge in [0.2, 0.25) is 5.91 Å². The number of nitrogens with zero attached hydrogens (tertiary/aromatic N) is 2. The SMILES string of the molecule is O=C(CSc1nccc2ccccc12)N1CCOCC1. The van der Waals surface area contributed by atoms with Crippen molar-refractivity contribution < 1.29 is 9.53 Å². The first-order chi connectivity index (χ1) is 9.84. The van der Waals surface area contributed by atoms with Crippen LogP contribution >= 0.6 is 11.8 Å². The number of aromatic nitrogens is 1. The predicted molar refractivity (Wildman–Crippen MR) is 79.9 cm³/mol. The Balaban J connectivity index is 1.69. The van der Waals surface area contributed by atoms with Gasteiger partial charge in [-0.2, -0.15) is 0 Å². The summed E-state index contributed by atoms with van der Waals surface area (Å²) in [6.07, 6.45) is 1.80. The molecule has 0 radical (unpaired) electrons. The number of thioether (sulfide) groups is 1. The highest BCUT2D eigenvalue weighted by Crippen LogP contribution is 2.25. The van der Waals surface area contributed by atoms with E-state index in [1.165, 1.54) is 11.8 Å². The Hall–Kier alpha value is -1.59. The van der Waals surface area contributed by atoms with E-state index in [1.807, 2.05) is 29.2 Å². The van der Waals surface area contributed by atoms with E-state index in [2.05, 4.69) is 11.1 Å². The highest BCUT2D eigenvalue weighted by molar-refractivity contribution is 8.00. The molecule has 3 rings (SSSR count). The van der Waals surface area contributed by atoms with Gasteiger partial charge in [-0.25, -0.2) is 4.98 Å². The summed E-state index contributed by atoms with van der Waals surface area (Å²) in [7, 11) is 0. The van der Waals surface area contributed by atoms with Crippen molar-refractivity contribution in [1.29, 1.82) is 0 Å². The van der Waals surface area contributed by atoms with Crippen molar-refractivity contribution in [3.05, 3.63) is 36.5 Å². The summed E-state index contributed by atoms with van der Waals surface area (Å²) >= 11 is 1.51. The normalized spacial score (nSPS) is 15.5. The monoisotopic (exact) mass is 288 g/mol. The zero-order valence-electron chi connectivity index (χ0n) is 11.1. The Morgan fingerprint density at radius 3 is 2.90 bits per heavy atom. The van der Waals surface area contributed by atoms with E-state index >= 15 is 0 Å². The van der Waals surface area contributed by atoms with E-state index in [1.54, 1.807) is 6.20 Å². The van der Waals surface area contributed by atoms with Crippen molar-refractivity contribution in [2.24, 2.45) is 0 Å². The molecule has 1 saturated heterocycles. The number of rotatable bonds is 3. The molecule has 1 aromatic carbocycles. The molecule has 1 aromatic heterocycles. The highest BCUT2D eigenvalue weighted by atomic mass is 32.2. The van der Waals surface area contributed by atoms with Gasteiger partial charge in [0.1, 0.15) is 5.03 Å². The molecule has 2 heterocycles. The van der Waals surface area contributed by atoms with Crippen LogP contribution in [0.4, 0.5) is 0 Å². The van der Waals surface area contributed by atoms with E-state index in [0.717, 1.165) is 15.8 Å². The van der Waals surface area contributed by atoms with Crippen molar-refractivity contribution >= 4 is 28.4 Å². The fraction of sp³-hybridized carbons (Fsp3) is 0.333. The van der Waals surface area contributed by atoms with Gasteiger partial charge in [0, 0.05) is 24.7 Å². The zero-order chi connectivity index (χ0) is 13.8. The summed E-state index contributed by atoms with van der Waals surface area (Å²) in [5.41, 5.74) is 0. The molecule has 0 N–H and O–H groups in total. The lowest BCUT2D eigenvalue weighted by Crippen LogP contribution is -2.41. The summed E-state index contributed by atoms with van der Waals surface area (Å²) in [5.74, 6) is 0.592. The van der Waals surface area contributed by atoms with Gasteiger partial charge in [0.05, 0.1) is 19.0 Å². The van der Waals surface area contributed by atoms with Crippen LogP contribution in [0, 0.1) is 0 Å². The summed E-state index contributed by atoms with van der Waals surface area (Å²) < 4.78 is 5.26. The highest BCUT2D eigenvalue weighted by Gasteiger charge is 2.17. The zero-order valence-corrected chi connectivity index (χ0v) is 11.9. The molecule has 4 nitrogen and oxygen atoms in total. The van der Waals surface area contributed by atoms with Crippen molar-refractivity contribution in [2.75, 3.05) is 32.1 Å². The summed E-state index contributed by atoms with van der Waals surface area (Å²) in [4.78, 5) is 18.4. The minimum Gasteiger partial charge on any atom is -0.378 e. The first-order valence-electron chi connectivity index (χ1n) is 6.67. The smallest absolute Gasteiger partial charge is 0.233 e. The van der Waals surface area contributed by atoms with Crippen LogP contribution in [0.25, 0.3) is 10.8 Å². The molecular weight excluding hydrogens is 272 g/mol. The lowest BCUT2D eigenvalue weighted by Gasteiger charge is -2.26. The van der Waals surface area contributed by atoms with Crippen molar-refractivity contribution in [1.82, 2.24) is 9.88 Å². The number of pyridine rings is 1. The summed E-state index contributed by atoms with van der Waals surface area (Å²) in [6.45, 7) is 2.68. The lowest BCUT2D eigenvalue weighted by atomic mass is 10.2. The van der Waals surface area contributed by atoms with Crippen LogP contribution in [0.5, 0.6) is 0 Å². The number of hydrogen-bond acceptors (Lipinski definition) is 4. The number of benzene rings is 1. The Bertz CT molecular complexity index is 606. The fourth-order valence-electron chi connectivity index (χ4n) is 2.24. The molecule has 0 bridgehead atoms. The Labute approximate surface area is 122 Å². The molecule has 0 saturated carbocycles. The second-order valence-electron chi connectivity index (χ2n) is 4.62. The minimum absolute atomic E-state index is 0.160. The maximum absolute atomic E-state index is 12.1. The molecule has 20 heavy (non-hydrogen) atoms. The second-order valence-corrected chi connectivity index (χ2v) is 5.58. The van der Waals surface area contributed by atoms with E-state index in [4.69, 9.17) is 4.74 Å². The van der Waals surface area contributed by atoms with Crippen LogP contribution < -0.4 is 0 Å². The Morgan fingerprint density at radius 1 is 1.25 bits per heavy atom. The van der Waals surface area contributed by atoms with E-state index in [9.17, 15) is 4.79 Å². The third-order valence-corrected chi connectivity index (χ3v) is 4.32. The van der Waals surface area contributed by atoms with E-state index in [0.29, 0.717) is 32.1 Å². The molecular formula is C15H16N2O2S. The van der Waals surface area contributed by atoms with Crippen LogP contribution in [0.1, 0.15) is 0 Å². The van der Waals surface area contributed by atoms with Crippen molar-refractivity contribution in [3.63, 3.8) is 0 Å². The summed E-state index contributed by atoms with van der Waals surface area (Å²) in [5, 5.41) is 3.18. The fourth-order valence-corrected chi connectivity index (χ4v) is 3.16. The molecule has 5 heteroatoms. The number of carbonyl (C=O) groups excluding carboxylic acids is 1. The third kappa shape index (κ3) is 2.94. The average molecular weight is 288 g/mol. The van der Waals surface area contributed by atoms with Crippen molar-refractivity contribution in [2.45, 2.75) is 5.03 Å². The van der Waals surface area contributed by atoms with Gasteiger partial charge in [-0.3, -0.25) is 4.79 Å². The number of carbonyl (C=O) groups is 1. The molecule has 2 aromatic rings. The standard InChI is InChI=1S/C15H16N2O2S/c18-14(17-7-9-19-10-8-17)11-20-15-13-4-2-1-3-12(13)5-6-16-15/h1-6H,7-11H2. The van der Waals surface area contributed by atoms with Crippen LogP contribution in [0.3, 0.4) is 0 Å². The molecule has 0 atom stereocenters. The molecule has 0 spiro atoms. The predicted octanol–water partition coefficient (Wildman–Crippen LogP) is 2.19. The third-order valence-electron chi connectivity index (χ3n) is 3.33. The van der Waals surface area contributed by atoms with Gasteiger partial charge in [0.15, 0.2) is 0 Å². The quantitative estimate of drug-likeness (QED) is 0.812. The van der Waals surface area contributed by atoms with Gasteiger partial charge < -0.3 is 9.64 Å². The topological polar surface area (TPSA) is 42.4 Å². The Kier molecular flexibility index (Phi) is 4.18. The van der Waals surface area contributed by atoms with Gasteiger partial charge >= 0.3 is 0 Å². The minimum atomic E-state index is 0.160. The molecule has 1 fully saturated rings. The van der Waals surface area contributed by atoms with Gasteiger partial charge in [0.25, 0.3) is 0 Å². The number of amides is 1. The number of fused-ring (bicyclic) bond motifs is 1. The molecule has 104 valence electrons. The van der Waals surface area contributed by atoms with Gasteiger partial charge in [-0.05, 0) is 11.5 Å². The molecule has 0 unspecified atom stereocenters. The maximum atomic E-state index is 12.1. The van der Waals surface area contributed by atoms with E-state index in [-0.39, 0.29) is 5.91 Å². The van der Waals surface area contributed by atoms with Crippen LogP contribution in [-0.4, -0.2) is 47.8 Å². The van der Waals surface area contributed by atoms with Gasteiger partial charge in [-0.1, -0.05) is 36.0 Å². The molecule has 1 aliphatic heterocycles. The van der Waals surface area contributed by atoms with Crippen LogP contribution in [-0.2, 0) is 9.53 Å². The van der Waals surface area contributed by atoms with Crippen molar-refractivity contribution in [3.8, 4) is 0 Å². The van der Waals surface area contributed by atoms with Crippen LogP contribution in [0.15, 0.2) is 41.6 Å². The van der Waals surface area contributed by atoms with E-state index < -0.39 is 0 Å². The Morgan fingerprint density at radius 2 is 2.05 bits per heavy atom. The molecule has 1 aliphatic rings. The first-order valence-corrected chi connectivity index (χ1v) is 7.65. The number of hydrogen-bond donors (Lipinski definition) is 0. The van der Waals surface area contributed by atoms with Gasteiger partial charge in [-0.15, -0.1) is 0 Å². The van der Waals surface area contributed by atoms with Crippen LogP contribution in [0.2, 0.25) is 0 Å². The number of morpholine rings is 1. The largest absolute Gasteiger partial charge is 0.378 e. The second kappa shape index (κ2) is 6.24. The first kappa shape index (κ1) is 13.4. The molecule has 1 amide bonds.